The molecule has 0 spiro atoms. The molecule has 4 rings (SSSR count). The molecule has 0 aliphatic rings. The first kappa shape index (κ1) is 17.2. The van der Waals surface area contributed by atoms with Gasteiger partial charge in [-0.15, -0.1) is 0 Å². The fraction of sp³-hybridized carbons (Fsp3) is 0.0476. The molecule has 5 nitrogen and oxygen atoms in total. The zero-order valence-corrected chi connectivity index (χ0v) is 15.4. The Morgan fingerprint density at radius 2 is 1.63 bits per heavy atom. The molecule has 2 heterocycles. The quantitative estimate of drug-likeness (QED) is 0.588. The number of para-hydroxylation sites is 2. The van der Waals surface area contributed by atoms with Crippen LogP contribution in [0.2, 0.25) is 0 Å². The lowest BCUT2D eigenvalue weighted by molar-refractivity contribution is 0.687. The molecule has 0 saturated heterocycles. The van der Waals surface area contributed by atoms with Crippen LogP contribution in [-0.2, 0) is 10.8 Å². The molecule has 6 heteroatoms. The van der Waals surface area contributed by atoms with Crippen LogP contribution in [0, 0.1) is 0 Å². The predicted molar refractivity (Wildman–Crippen MR) is 109 cm³/mol. The van der Waals surface area contributed by atoms with Gasteiger partial charge in [-0.05, 0) is 24.3 Å². The van der Waals surface area contributed by atoms with Gasteiger partial charge < -0.3 is 5.32 Å². The van der Waals surface area contributed by atoms with Gasteiger partial charge in [0.25, 0.3) is 0 Å². The average Bonchev–Trinajstić information content (AvgIpc) is 2.69. The van der Waals surface area contributed by atoms with E-state index in [1.807, 2.05) is 65.2 Å². The van der Waals surface area contributed by atoms with Gasteiger partial charge in [-0.2, -0.15) is 0 Å². The number of hydrogen-bond donors (Lipinski definition) is 1. The summed E-state index contributed by atoms with van der Waals surface area (Å²) in [6.07, 6.45) is 4.68. The number of anilines is 2. The summed E-state index contributed by atoms with van der Waals surface area (Å²) in [7, 11) is -1.30. The second kappa shape index (κ2) is 7.17. The zero-order chi connectivity index (χ0) is 18.8. The van der Waals surface area contributed by atoms with E-state index in [0.29, 0.717) is 21.6 Å². The summed E-state index contributed by atoms with van der Waals surface area (Å²) in [6.45, 7) is 0. The highest BCUT2D eigenvalue weighted by Gasteiger charge is 2.16. The van der Waals surface area contributed by atoms with E-state index < -0.39 is 10.8 Å². The van der Waals surface area contributed by atoms with Crippen LogP contribution in [-0.4, -0.2) is 20.0 Å². The summed E-state index contributed by atoms with van der Waals surface area (Å²) < 4.78 is 14.3. The van der Waals surface area contributed by atoms with Gasteiger partial charge in [0.15, 0.2) is 5.43 Å². The maximum atomic E-state index is 12.8. The number of hydrogen-bond acceptors (Lipinski definition) is 4. The summed E-state index contributed by atoms with van der Waals surface area (Å²) in [5.74, 6) is 0.600. The first-order chi connectivity index (χ1) is 13.1. The SMILES string of the molecule is CS(=O)c1cncc2c(=O)cc(Nc3ccccc3)n(-c3ccccc3)c12. The molecular weight excluding hydrogens is 358 g/mol. The first-order valence-electron chi connectivity index (χ1n) is 8.40. The van der Waals surface area contributed by atoms with Gasteiger partial charge in [0.2, 0.25) is 0 Å². The summed E-state index contributed by atoms with van der Waals surface area (Å²) in [6, 6.07) is 20.8. The highest BCUT2D eigenvalue weighted by molar-refractivity contribution is 7.84. The molecule has 1 unspecified atom stereocenters. The Labute approximate surface area is 158 Å². The smallest absolute Gasteiger partial charge is 0.193 e. The van der Waals surface area contributed by atoms with Gasteiger partial charge >= 0.3 is 0 Å². The van der Waals surface area contributed by atoms with Gasteiger partial charge in [0.05, 0.1) is 26.6 Å². The predicted octanol–water partition coefficient (Wildman–Crippen LogP) is 3.87. The van der Waals surface area contributed by atoms with Crippen LogP contribution in [0.1, 0.15) is 0 Å². The fourth-order valence-electron chi connectivity index (χ4n) is 3.05. The van der Waals surface area contributed by atoms with E-state index in [-0.39, 0.29) is 5.43 Å². The van der Waals surface area contributed by atoms with Crippen molar-refractivity contribution in [3.63, 3.8) is 0 Å². The third-order valence-electron chi connectivity index (χ3n) is 4.25. The van der Waals surface area contributed by atoms with Crippen molar-refractivity contribution in [3.05, 3.63) is 89.3 Å². The van der Waals surface area contributed by atoms with E-state index in [1.54, 1.807) is 18.5 Å². The Morgan fingerprint density at radius 1 is 0.963 bits per heavy atom. The Hall–Kier alpha value is -3.25. The first-order valence-corrected chi connectivity index (χ1v) is 9.95. The van der Waals surface area contributed by atoms with Crippen LogP contribution < -0.4 is 10.7 Å². The molecule has 0 fully saturated rings. The summed E-state index contributed by atoms with van der Waals surface area (Å²) in [5.41, 5.74) is 2.14. The van der Waals surface area contributed by atoms with Gasteiger partial charge in [-0.1, -0.05) is 36.4 Å². The van der Waals surface area contributed by atoms with E-state index in [0.717, 1.165) is 11.4 Å². The lowest BCUT2D eigenvalue weighted by Gasteiger charge is -2.19. The summed E-state index contributed by atoms with van der Waals surface area (Å²) in [5, 5.41) is 3.75. The van der Waals surface area contributed by atoms with Crippen molar-refractivity contribution in [1.29, 1.82) is 0 Å². The largest absolute Gasteiger partial charge is 0.341 e. The van der Waals surface area contributed by atoms with Crippen LogP contribution in [0.15, 0.2) is 88.8 Å². The number of aromatic nitrogens is 2. The normalized spacial score (nSPS) is 12.0. The molecule has 1 N–H and O–H groups in total. The fourth-order valence-corrected chi connectivity index (χ4v) is 3.73. The van der Waals surface area contributed by atoms with E-state index in [9.17, 15) is 9.00 Å². The Balaban J connectivity index is 2.10. The van der Waals surface area contributed by atoms with E-state index in [4.69, 9.17) is 0 Å². The highest BCUT2D eigenvalue weighted by atomic mass is 32.2. The number of nitrogens with one attached hydrogen (secondary N) is 1. The molecule has 2 aromatic heterocycles. The maximum Gasteiger partial charge on any atom is 0.193 e. The number of fused-ring (bicyclic) bond motifs is 1. The summed E-state index contributed by atoms with van der Waals surface area (Å²) in [4.78, 5) is 17.4. The number of nitrogens with zero attached hydrogens (tertiary/aromatic N) is 2. The molecule has 134 valence electrons. The Bertz CT molecular complexity index is 1190. The molecule has 27 heavy (non-hydrogen) atoms. The van der Waals surface area contributed by atoms with E-state index in [1.165, 1.54) is 6.20 Å². The third-order valence-corrected chi connectivity index (χ3v) is 5.17. The molecular formula is C21H17N3O2S. The van der Waals surface area contributed by atoms with Gasteiger partial charge in [0.1, 0.15) is 5.82 Å². The third kappa shape index (κ3) is 3.27. The van der Waals surface area contributed by atoms with Crippen LogP contribution in [0.4, 0.5) is 11.5 Å². The number of benzene rings is 2. The molecule has 0 bridgehead atoms. The van der Waals surface area contributed by atoms with Gasteiger partial charge in [0, 0.05) is 36.1 Å². The monoisotopic (exact) mass is 375 g/mol. The maximum absolute atomic E-state index is 12.8. The van der Waals surface area contributed by atoms with Crippen molar-refractivity contribution in [2.45, 2.75) is 4.90 Å². The van der Waals surface area contributed by atoms with Crippen LogP contribution in [0.3, 0.4) is 0 Å². The van der Waals surface area contributed by atoms with E-state index in [2.05, 4.69) is 10.3 Å². The lowest BCUT2D eigenvalue weighted by atomic mass is 10.2. The minimum atomic E-state index is -1.30. The topological polar surface area (TPSA) is 64.0 Å². The second-order valence-corrected chi connectivity index (χ2v) is 7.39. The van der Waals surface area contributed by atoms with Crippen molar-refractivity contribution < 1.29 is 4.21 Å². The zero-order valence-electron chi connectivity index (χ0n) is 14.6. The molecule has 0 saturated carbocycles. The minimum Gasteiger partial charge on any atom is -0.341 e. The van der Waals surface area contributed by atoms with Crippen molar-refractivity contribution in [2.24, 2.45) is 0 Å². The number of pyridine rings is 2. The molecule has 1 atom stereocenters. The standard InChI is InChI=1S/C21H17N3O2S/c1-27(26)19-14-22-13-17-18(25)12-20(23-15-8-4-2-5-9-15)24(21(17)19)16-10-6-3-7-11-16/h2-14,23H,1H3. The van der Waals surface area contributed by atoms with Crippen molar-refractivity contribution >= 4 is 33.2 Å². The molecule has 0 radical (unpaired) electrons. The molecule has 0 amide bonds. The van der Waals surface area contributed by atoms with Crippen LogP contribution >= 0.6 is 0 Å². The van der Waals surface area contributed by atoms with E-state index >= 15 is 0 Å². The molecule has 2 aromatic carbocycles. The summed E-state index contributed by atoms with van der Waals surface area (Å²) >= 11 is 0. The molecule has 0 aliphatic heterocycles. The number of rotatable bonds is 4. The lowest BCUT2D eigenvalue weighted by Crippen LogP contribution is -2.14. The van der Waals surface area contributed by atoms with Crippen molar-refractivity contribution in [2.75, 3.05) is 11.6 Å². The Kier molecular flexibility index (Phi) is 4.56. The van der Waals surface area contributed by atoms with Gasteiger partial charge in [-0.3, -0.25) is 18.6 Å². The van der Waals surface area contributed by atoms with Crippen molar-refractivity contribution in [3.8, 4) is 5.69 Å². The Morgan fingerprint density at radius 3 is 2.30 bits per heavy atom. The highest BCUT2D eigenvalue weighted by Crippen LogP contribution is 2.27. The second-order valence-electron chi connectivity index (χ2n) is 6.04. The van der Waals surface area contributed by atoms with Crippen LogP contribution in [0.25, 0.3) is 16.6 Å². The minimum absolute atomic E-state index is 0.171. The van der Waals surface area contributed by atoms with Gasteiger partial charge in [-0.25, -0.2) is 0 Å². The average molecular weight is 375 g/mol. The molecule has 4 aromatic rings. The molecule has 0 aliphatic carbocycles. The van der Waals surface area contributed by atoms with Crippen molar-refractivity contribution in [1.82, 2.24) is 9.55 Å². The van der Waals surface area contributed by atoms with Crippen LogP contribution in [0.5, 0.6) is 0 Å².